The Labute approximate surface area is 113 Å². The van der Waals surface area contributed by atoms with Gasteiger partial charge < -0.3 is 16.2 Å². The van der Waals surface area contributed by atoms with Crippen LogP contribution in [0.25, 0.3) is 0 Å². The number of rotatable bonds is 8. The first-order chi connectivity index (χ1) is 8.71. The van der Waals surface area contributed by atoms with Gasteiger partial charge in [-0.25, -0.2) is 0 Å². The van der Waals surface area contributed by atoms with Gasteiger partial charge in [-0.15, -0.1) is 0 Å². The van der Waals surface area contributed by atoms with Gasteiger partial charge >= 0.3 is 0 Å². The van der Waals surface area contributed by atoms with Gasteiger partial charge in [-0.2, -0.15) is 0 Å². The van der Waals surface area contributed by atoms with Crippen molar-refractivity contribution in [2.75, 3.05) is 13.2 Å². The van der Waals surface area contributed by atoms with E-state index in [4.69, 9.17) is 5.73 Å². The lowest BCUT2D eigenvalue weighted by Gasteiger charge is -2.41. The van der Waals surface area contributed by atoms with E-state index in [1.54, 1.807) is 0 Å². The van der Waals surface area contributed by atoms with Crippen LogP contribution in [-0.2, 0) is 0 Å². The van der Waals surface area contributed by atoms with E-state index in [9.17, 15) is 5.11 Å². The predicted molar refractivity (Wildman–Crippen MR) is 77.6 cm³/mol. The molecule has 0 bridgehead atoms. The molecule has 3 unspecified atom stereocenters. The molecule has 4 N–H and O–H groups in total. The van der Waals surface area contributed by atoms with Gasteiger partial charge in [0.05, 0.1) is 0 Å². The number of nitrogens with two attached hydrogens (primary N) is 1. The van der Waals surface area contributed by atoms with Gasteiger partial charge in [-0.3, -0.25) is 0 Å². The largest absolute Gasteiger partial charge is 0.396 e. The van der Waals surface area contributed by atoms with Crippen molar-refractivity contribution in [1.29, 1.82) is 0 Å². The minimum atomic E-state index is 0.0887. The highest BCUT2D eigenvalue weighted by atomic mass is 16.3. The number of aliphatic hydroxyl groups excluding tert-OH is 1. The van der Waals surface area contributed by atoms with E-state index in [0.717, 1.165) is 19.3 Å². The molecule has 1 rings (SSSR count). The van der Waals surface area contributed by atoms with Crippen molar-refractivity contribution in [3.8, 4) is 0 Å². The molecule has 3 heteroatoms. The quantitative estimate of drug-likeness (QED) is 0.625. The molecule has 0 radical (unpaired) electrons. The fourth-order valence-electron chi connectivity index (χ4n) is 3.18. The Morgan fingerprint density at radius 1 is 1.28 bits per heavy atom. The third-order valence-corrected chi connectivity index (χ3v) is 4.71. The lowest BCUT2D eigenvalue weighted by atomic mass is 9.81. The highest BCUT2D eigenvalue weighted by Gasteiger charge is 2.33. The van der Waals surface area contributed by atoms with Crippen LogP contribution in [0.4, 0.5) is 0 Å². The summed E-state index contributed by atoms with van der Waals surface area (Å²) in [5.74, 6) is 0.429. The van der Waals surface area contributed by atoms with Gasteiger partial charge in [0.2, 0.25) is 0 Å². The number of aliphatic hydroxyl groups is 1. The Morgan fingerprint density at radius 2 is 2.00 bits per heavy atom. The lowest BCUT2D eigenvalue weighted by Crippen LogP contribution is -2.57. The number of nitrogens with one attached hydrogen (secondary N) is 1. The summed E-state index contributed by atoms with van der Waals surface area (Å²) in [6, 6.07) is 0.462. The Bertz CT molecular complexity index is 217. The molecular weight excluding hydrogens is 224 g/mol. The topological polar surface area (TPSA) is 58.3 Å². The Morgan fingerprint density at radius 3 is 2.56 bits per heavy atom. The second-order valence-electron chi connectivity index (χ2n) is 5.92. The van der Waals surface area contributed by atoms with Crippen molar-refractivity contribution >= 4 is 0 Å². The fraction of sp³-hybridized carbons (Fsp3) is 1.00. The number of hydrogen-bond donors (Lipinski definition) is 3. The van der Waals surface area contributed by atoms with Crippen molar-refractivity contribution in [3.05, 3.63) is 0 Å². The van der Waals surface area contributed by atoms with Crippen LogP contribution in [0.15, 0.2) is 0 Å². The minimum absolute atomic E-state index is 0.0887. The molecule has 0 aromatic carbocycles. The normalized spacial score (nSPS) is 28.0. The SMILES string of the molecule is CCCCC(CC)(CN)NC1CCCCC1CO. The average Bonchev–Trinajstić information content (AvgIpc) is 2.44. The molecule has 1 aliphatic rings. The van der Waals surface area contributed by atoms with Crippen LogP contribution in [-0.4, -0.2) is 29.8 Å². The number of hydrogen-bond acceptors (Lipinski definition) is 3. The second kappa shape index (κ2) is 8.13. The molecule has 0 saturated heterocycles. The first-order valence-electron chi connectivity index (χ1n) is 7.80. The maximum atomic E-state index is 9.51. The highest BCUT2D eigenvalue weighted by molar-refractivity contribution is 4.93. The van der Waals surface area contributed by atoms with Gasteiger partial charge in [0, 0.05) is 24.7 Å². The highest BCUT2D eigenvalue weighted by Crippen LogP contribution is 2.28. The van der Waals surface area contributed by atoms with Crippen molar-refractivity contribution in [3.63, 3.8) is 0 Å². The molecule has 3 nitrogen and oxygen atoms in total. The van der Waals surface area contributed by atoms with Crippen molar-refractivity contribution < 1.29 is 5.11 Å². The van der Waals surface area contributed by atoms with Crippen LogP contribution in [0.1, 0.15) is 65.2 Å². The van der Waals surface area contributed by atoms with Crippen LogP contribution in [0.3, 0.4) is 0 Å². The van der Waals surface area contributed by atoms with Crippen molar-refractivity contribution in [2.45, 2.75) is 76.8 Å². The summed E-state index contributed by atoms with van der Waals surface area (Å²) in [5.41, 5.74) is 6.13. The smallest absolute Gasteiger partial charge is 0.0474 e. The summed E-state index contributed by atoms with van der Waals surface area (Å²) in [6.07, 6.45) is 9.59. The fourth-order valence-corrected chi connectivity index (χ4v) is 3.18. The van der Waals surface area contributed by atoms with Gasteiger partial charge in [0.1, 0.15) is 0 Å². The van der Waals surface area contributed by atoms with E-state index in [-0.39, 0.29) is 5.54 Å². The van der Waals surface area contributed by atoms with E-state index < -0.39 is 0 Å². The molecule has 0 heterocycles. The molecule has 3 atom stereocenters. The van der Waals surface area contributed by atoms with Crippen LogP contribution in [0.5, 0.6) is 0 Å². The monoisotopic (exact) mass is 256 g/mol. The summed E-state index contributed by atoms with van der Waals surface area (Å²) in [4.78, 5) is 0. The zero-order valence-electron chi connectivity index (χ0n) is 12.3. The first kappa shape index (κ1) is 15.9. The Balaban J connectivity index is 2.62. The first-order valence-corrected chi connectivity index (χ1v) is 7.80. The minimum Gasteiger partial charge on any atom is -0.396 e. The van der Waals surface area contributed by atoms with Gasteiger partial charge in [-0.05, 0) is 31.6 Å². The zero-order valence-corrected chi connectivity index (χ0v) is 12.3. The van der Waals surface area contributed by atoms with E-state index in [1.807, 2.05) is 0 Å². The summed E-state index contributed by atoms with van der Waals surface area (Å²) in [6.45, 7) is 5.48. The molecule has 108 valence electrons. The maximum Gasteiger partial charge on any atom is 0.0474 e. The summed E-state index contributed by atoms with van der Waals surface area (Å²) in [7, 11) is 0. The van der Waals surface area contributed by atoms with Crippen LogP contribution in [0, 0.1) is 5.92 Å². The second-order valence-corrected chi connectivity index (χ2v) is 5.92. The van der Waals surface area contributed by atoms with Crippen molar-refractivity contribution in [2.24, 2.45) is 11.7 Å². The molecule has 0 aliphatic heterocycles. The van der Waals surface area contributed by atoms with Crippen LogP contribution < -0.4 is 11.1 Å². The molecular formula is C15H32N2O. The van der Waals surface area contributed by atoms with Crippen LogP contribution >= 0.6 is 0 Å². The lowest BCUT2D eigenvalue weighted by molar-refractivity contribution is 0.122. The average molecular weight is 256 g/mol. The molecule has 1 fully saturated rings. The van der Waals surface area contributed by atoms with Crippen LogP contribution in [0.2, 0.25) is 0 Å². The standard InChI is InChI=1S/C15H32N2O/c1-3-5-10-15(4-2,12-16)17-14-9-7-6-8-13(14)11-18/h13-14,17-18H,3-12,16H2,1-2H3. The Kier molecular flexibility index (Phi) is 7.20. The van der Waals surface area contributed by atoms with Gasteiger partial charge in [0.25, 0.3) is 0 Å². The molecule has 0 aromatic rings. The summed E-state index contributed by atoms with van der Waals surface area (Å²) >= 11 is 0. The van der Waals surface area contributed by atoms with Gasteiger partial charge in [0.15, 0.2) is 0 Å². The van der Waals surface area contributed by atoms with E-state index >= 15 is 0 Å². The Hall–Kier alpha value is -0.120. The molecule has 0 aromatic heterocycles. The van der Waals surface area contributed by atoms with Crippen molar-refractivity contribution in [1.82, 2.24) is 5.32 Å². The molecule has 18 heavy (non-hydrogen) atoms. The maximum absolute atomic E-state index is 9.51. The molecule has 1 aliphatic carbocycles. The van der Waals surface area contributed by atoms with E-state index in [1.165, 1.54) is 32.1 Å². The summed E-state index contributed by atoms with van der Waals surface area (Å²) in [5, 5.41) is 13.3. The molecule has 1 saturated carbocycles. The summed E-state index contributed by atoms with van der Waals surface area (Å²) < 4.78 is 0. The molecule has 0 amide bonds. The van der Waals surface area contributed by atoms with Gasteiger partial charge in [-0.1, -0.05) is 39.5 Å². The van der Waals surface area contributed by atoms with E-state index in [0.29, 0.717) is 25.1 Å². The number of unbranched alkanes of at least 4 members (excludes halogenated alkanes) is 1. The third kappa shape index (κ3) is 4.22. The van der Waals surface area contributed by atoms with E-state index in [2.05, 4.69) is 19.2 Å². The third-order valence-electron chi connectivity index (χ3n) is 4.71. The molecule has 0 spiro atoms. The predicted octanol–water partition coefficient (Wildman–Crippen LogP) is 2.42. The zero-order chi connectivity index (χ0) is 13.4.